The molecule has 3 aromatic rings. The summed E-state index contributed by atoms with van der Waals surface area (Å²) in [6, 6.07) is 14.4. The van der Waals surface area contributed by atoms with Crippen molar-refractivity contribution in [3.8, 4) is 5.75 Å². The molecule has 0 bridgehead atoms. The third kappa shape index (κ3) is 4.33. The topological polar surface area (TPSA) is 77.5 Å². The fourth-order valence-electron chi connectivity index (χ4n) is 2.19. The van der Waals surface area contributed by atoms with Crippen molar-refractivity contribution in [2.24, 2.45) is 0 Å². The summed E-state index contributed by atoms with van der Waals surface area (Å²) in [5, 5.41) is 3.24. The van der Waals surface area contributed by atoms with E-state index in [0.717, 1.165) is 10.2 Å². The Morgan fingerprint density at radius 3 is 2.80 bits per heavy atom. The molecule has 6 nitrogen and oxygen atoms in total. The predicted octanol–water partition coefficient (Wildman–Crippen LogP) is 2.78. The molecule has 0 spiro atoms. The quantitative estimate of drug-likeness (QED) is 0.687. The number of rotatable bonds is 6. The number of carbonyl (C=O) groups excluding carboxylic acids is 2. The molecule has 25 heavy (non-hydrogen) atoms. The zero-order chi connectivity index (χ0) is 17.6. The molecule has 0 saturated heterocycles. The SMILES string of the molecule is COc1cccc(C(=O)NCC(=O)OCc2nc3ccccc3s2)c1. The van der Waals surface area contributed by atoms with E-state index in [4.69, 9.17) is 9.47 Å². The lowest BCUT2D eigenvalue weighted by molar-refractivity contribution is -0.143. The molecule has 0 aliphatic heterocycles. The van der Waals surface area contributed by atoms with Crippen LogP contribution in [0.3, 0.4) is 0 Å². The van der Waals surface area contributed by atoms with Gasteiger partial charge in [-0.15, -0.1) is 11.3 Å². The third-order valence-electron chi connectivity index (χ3n) is 3.42. The molecular weight excluding hydrogens is 340 g/mol. The lowest BCUT2D eigenvalue weighted by Crippen LogP contribution is -2.30. The van der Waals surface area contributed by atoms with Crippen molar-refractivity contribution in [1.82, 2.24) is 10.3 Å². The Hall–Kier alpha value is -2.93. The van der Waals surface area contributed by atoms with Crippen LogP contribution in [0.25, 0.3) is 10.2 Å². The summed E-state index contributed by atoms with van der Waals surface area (Å²) >= 11 is 1.48. The number of hydrogen-bond donors (Lipinski definition) is 1. The Bertz CT molecular complexity index is 874. The minimum atomic E-state index is -0.518. The van der Waals surface area contributed by atoms with Gasteiger partial charge in [0.1, 0.15) is 23.9 Å². The molecule has 7 heteroatoms. The second kappa shape index (κ2) is 7.76. The predicted molar refractivity (Wildman–Crippen MR) is 94.7 cm³/mol. The van der Waals surface area contributed by atoms with Gasteiger partial charge in [-0.3, -0.25) is 9.59 Å². The van der Waals surface area contributed by atoms with Crippen molar-refractivity contribution in [1.29, 1.82) is 0 Å². The second-order valence-corrected chi connectivity index (χ2v) is 6.27. The Kier molecular flexibility index (Phi) is 5.25. The molecule has 1 heterocycles. The number of esters is 1. The van der Waals surface area contributed by atoms with Crippen LogP contribution in [0.15, 0.2) is 48.5 Å². The van der Waals surface area contributed by atoms with Crippen molar-refractivity contribution in [3.05, 3.63) is 59.1 Å². The second-order valence-electron chi connectivity index (χ2n) is 5.15. The standard InChI is InChI=1S/C18H16N2O4S/c1-23-13-6-4-5-12(9-13)18(22)19-10-17(21)24-11-16-20-14-7-2-3-8-15(14)25-16/h2-9H,10-11H2,1H3,(H,19,22). The van der Waals surface area contributed by atoms with Gasteiger partial charge in [-0.25, -0.2) is 4.98 Å². The normalized spacial score (nSPS) is 10.4. The largest absolute Gasteiger partial charge is 0.497 e. The summed E-state index contributed by atoms with van der Waals surface area (Å²) in [6.45, 7) is -0.117. The molecule has 0 aliphatic carbocycles. The van der Waals surface area contributed by atoms with Gasteiger partial charge in [-0.2, -0.15) is 0 Å². The zero-order valence-electron chi connectivity index (χ0n) is 13.5. The number of nitrogens with zero attached hydrogens (tertiary/aromatic N) is 1. The fourth-order valence-corrected chi connectivity index (χ4v) is 3.07. The minimum absolute atomic E-state index is 0.0905. The van der Waals surface area contributed by atoms with Gasteiger partial charge in [-0.05, 0) is 30.3 Å². The van der Waals surface area contributed by atoms with Crippen LogP contribution in [0.5, 0.6) is 5.75 Å². The van der Waals surface area contributed by atoms with Crippen LogP contribution >= 0.6 is 11.3 Å². The number of para-hydroxylation sites is 1. The van der Waals surface area contributed by atoms with Crippen molar-refractivity contribution in [2.45, 2.75) is 6.61 Å². The highest BCUT2D eigenvalue weighted by Crippen LogP contribution is 2.21. The van der Waals surface area contributed by atoms with E-state index in [0.29, 0.717) is 16.3 Å². The molecular formula is C18H16N2O4S. The number of hydrogen-bond acceptors (Lipinski definition) is 6. The Morgan fingerprint density at radius 1 is 1.16 bits per heavy atom. The summed E-state index contributed by atoms with van der Waals surface area (Å²) in [4.78, 5) is 28.2. The molecule has 1 amide bonds. The maximum atomic E-state index is 12.0. The maximum absolute atomic E-state index is 12.0. The molecule has 0 atom stereocenters. The van der Waals surface area contributed by atoms with Crippen molar-refractivity contribution >= 4 is 33.4 Å². The van der Waals surface area contributed by atoms with Crippen LogP contribution in [0.4, 0.5) is 0 Å². The van der Waals surface area contributed by atoms with Gasteiger partial charge >= 0.3 is 5.97 Å². The Morgan fingerprint density at radius 2 is 2.00 bits per heavy atom. The van der Waals surface area contributed by atoms with E-state index < -0.39 is 5.97 Å². The number of ether oxygens (including phenoxy) is 2. The van der Waals surface area contributed by atoms with Gasteiger partial charge in [0.25, 0.3) is 5.91 Å². The van der Waals surface area contributed by atoms with E-state index in [2.05, 4.69) is 10.3 Å². The van der Waals surface area contributed by atoms with Crippen LogP contribution in [-0.4, -0.2) is 30.5 Å². The van der Waals surface area contributed by atoms with Crippen LogP contribution < -0.4 is 10.1 Å². The summed E-state index contributed by atoms with van der Waals surface area (Å²) in [7, 11) is 1.52. The lowest BCUT2D eigenvalue weighted by atomic mass is 10.2. The Balaban J connectivity index is 1.49. The highest BCUT2D eigenvalue weighted by atomic mass is 32.1. The molecule has 3 rings (SSSR count). The number of thiazole rings is 1. The van der Waals surface area contributed by atoms with Gasteiger partial charge < -0.3 is 14.8 Å². The van der Waals surface area contributed by atoms with Gasteiger partial charge in [0, 0.05) is 5.56 Å². The van der Waals surface area contributed by atoms with E-state index in [1.54, 1.807) is 24.3 Å². The van der Waals surface area contributed by atoms with Crippen molar-refractivity contribution in [3.63, 3.8) is 0 Å². The smallest absolute Gasteiger partial charge is 0.325 e. The maximum Gasteiger partial charge on any atom is 0.325 e. The number of nitrogens with one attached hydrogen (secondary N) is 1. The lowest BCUT2D eigenvalue weighted by Gasteiger charge is -2.06. The average molecular weight is 356 g/mol. The van der Waals surface area contributed by atoms with E-state index in [1.165, 1.54) is 18.4 Å². The molecule has 1 aromatic heterocycles. The Labute approximate surface area is 148 Å². The number of fused-ring (bicyclic) bond motifs is 1. The van der Waals surface area contributed by atoms with Crippen molar-refractivity contribution < 1.29 is 19.1 Å². The number of carbonyl (C=O) groups is 2. The van der Waals surface area contributed by atoms with Gasteiger partial charge in [0.2, 0.25) is 0 Å². The molecule has 0 radical (unpaired) electrons. The van der Waals surface area contributed by atoms with E-state index in [9.17, 15) is 9.59 Å². The number of amides is 1. The number of methoxy groups -OCH3 is 1. The molecule has 2 aromatic carbocycles. The first-order valence-corrected chi connectivity index (χ1v) is 8.39. The molecule has 0 saturated carbocycles. The number of aromatic nitrogens is 1. The van der Waals surface area contributed by atoms with Crippen LogP contribution in [-0.2, 0) is 16.1 Å². The molecule has 1 N–H and O–H groups in total. The highest BCUT2D eigenvalue weighted by Gasteiger charge is 2.11. The minimum Gasteiger partial charge on any atom is -0.497 e. The van der Waals surface area contributed by atoms with Gasteiger partial charge in [0.05, 0.1) is 17.3 Å². The molecule has 0 unspecified atom stereocenters. The van der Waals surface area contributed by atoms with Crippen LogP contribution in [0.2, 0.25) is 0 Å². The molecule has 0 aliphatic rings. The van der Waals surface area contributed by atoms with E-state index >= 15 is 0 Å². The first kappa shape index (κ1) is 16.9. The van der Waals surface area contributed by atoms with Gasteiger partial charge in [-0.1, -0.05) is 18.2 Å². The third-order valence-corrected chi connectivity index (χ3v) is 4.43. The summed E-state index contributed by atoms with van der Waals surface area (Å²) < 4.78 is 11.3. The first-order valence-electron chi connectivity index (χ1n) is 7.58. The monoisotopic (exact) mass is 356 g/mol. The van der Waals surface area contributed by atoms with E-state index in [-0.39, 0.29) is 19.1 Å². The zero-order valence-corrected chi connectivity index (χ0v) is 14.3. The van der Waals surface area contributed by atoms with Crippen molar-refractivity contribution in [2.75, 3.05) is 13.7 Å². The van der Waals surface area contributed by atoms with Gasteiger partial charge in [0.15, 0.2) is 0 Å². The van der Waals surface area contributed by atoms with Crippen LogP contribution in [0, 0.1) is 0 Å². The molecule has 0 fully saturated rings. The molecule has 128 valence electrons. The summed E-state index contributed by atoms with van der Waals surface area (Å²) in [5.41, 5.74) is 1.29. The summed E-state index contributed by atoms with van der Waals surface area (Å²) in [6.07, 6.45) is 0. The van der Waals surface area contributed by atoms with Crippen LogP contribution in [0.1, 0.15) is 15.4 Å². The number of benzene rings is 2. The highest BCUT2D eigenvalue weighted by molar-refractivity contribution is 7.18. The average Bonchev–Trinajstić information content (AvgIpc) is 3.07. The first-order chi connectivity index (χ1) is 12.2. The van der Waals surface area contributed by atoms with E-state index in [1.807, 2.05) is 24.3 Å². The fraction of sp³-hybridized carbons (Fsp3) is 0.167. The summed E-state index contributed by atoms with van der Waals surface area (Å²) in [5.74, 6) is -0.308.